The van der Waals surface area contributed by atoms with E-state index in [2.05, 4.69) is 0 Å². The van der Waals surface area contributed by atoms with Crippen molar-refractivity contribution < 1.29 is 26.3 Å². The lowest BCUT2D eigenvalue weighted by atomic mass is 9.78. The summed E-state index contributed by atoms with van der Waals surface area (Å²) in [4.78, 5) is 0. The standard InChI is InChI=1S/C25H20F6/c1-2-3-13-8-19(26)23(20(27)9-13)15-5-7-17-14(10-15)4-6-18(24(17)30)16-11-21(28)25(31)22(29)12-16/h4,6,8-9,11-12,15H,2-3,5,7,10H2,1H3. The van der Waals surface area contributed by atoms with Crippen LogP contribution in [0.3, 0.4) is 0 Å². The van der Waals surface area contributed by atoms with E-state index in [0.29, 0.717) is 29.5 Å². The average Bonchev–Trinajstić information content (AvgIpc) is 2.71. The summed E-state index contributed by atoms with van der Waals surface area (Å²) in [5, 5.41) is 0. The third-order valence-electron chi connectivity index (χ3n) is 5.93. The van der Waals surface area contributed by atoms with Crippen LogP contribution >= 0.6 is 0 Å². The number of fused-ring (bicyclic) bond motifs is 1. The van der Waals surface area contributed by atoms with Crippen molar-refractivity contribution in [1.29, 1.82) is 0 Å². The maximum Gasteiger partial charge on any atom is 0.194 e. The first-order chi connectivity index (χ1) is 14.8. The summed E-state index contributed by atoms with van der Waals surface area (Å²) >= 11 is 0. The van der Waals surface area contributed by atoms with Gasteiger partial charge in [-0.15, -0.1) is 0 Å². The zero-order chi connectivity index (χ0) is 22.3. The highest BCUT2D eigenvalue weighted by Crippen LogP contribution is 2.39. The minimum absolute atomic E-state index is 0.0117. The fraction of sp³-hybridized carbons (Fsp3) is 0.280. The summed E-state index contributed by atoms with van der Waals surface area (Å²) in [5.74, 6) is -6.68. The first-order valence-electron chi connectivity index (χ1n) is 10.2. The summed E-state index contributed by atoms with van der Waals surface area (Å²) in [6.07, 6.45) is 2.17. The number of benzene rings is 3. The van der Waals surface area contributed by atoms with Crippen LogP contribution in [0.2, 0.25) is 0 Å². The molecular weight excluding hydrogens is 414 g/mol. The van der Waals surface area contributed by atoms with Crippen molar-refractivity contribution in [3.05, 3.63) is 93.6 Å². The molecule has 0 amide bonds. The number of hydrogen-bond donors (Lipinski definition) is 0. The van der Waals surface area contributed by atoms with Crippen molar-refractivity contribution in [1.82, 2.24) is 0 Å². The van der Waals surface area contributed by atoms with E-state index >= 15 is 4.39 Å². The molecule has 0 heterocycles. The highest BCUT2D eigenvalue weighted by atomic mass is 19.2. The topological polar surface area (TPSA) is 0 Å². The Morgan fingerprint density at radius 1 is 0.806 bits per heavy atom. The lowest BCUT2D eigenvalue weighted by Gasteiger charge is -2.27. The van der Waals surface area contributed by atoms with E-state index in [1.54, 1.807) is 6.07 Å². The second-order valence-electron chi connectivity index (χ2n) is 7.98. The molecule has 4 rings (SSSR count). The van der Waals surface area contributed by atoms with Crippen LogP contribution in [0.15, 0.2) is 36.4 Å². The molecule has 0 aliphatic heterocycles. The number of aryl methyl sites for hydroxylation is 1. The first kappa shape index (κ1) is 21.5. The maximum atomic E-state index is 15.1. The van der Waals surface area contributed by atoms with E-state index in [-0.39, 0.29) is 29.5 Å². The van der Waals surface area contributed by atoms with Gasteiger partial charge >= 0.3 is 0 Å². The Bertz CT molecular complexity index is 1100. The van der Waals surface area contributed by atoms with Crippen molar-refractivity contribution in [2.45, 2.75) is 44.9 Å². The monoisotopic (exact) mass is 434 g/mol. The van der Waals surface area contributed by atoms with Gasteiger partial charge in [0.15, 0.2) is 17.5 Å². The van der Waals surface area contributed by atoms with Crippen LogP contribution < -0.4 is 0 Å². The van der Waals surface area contributed by atoms with Gasteiger partial charge in [0.05, 0.1) is 0 Å². The normalized spacial score (nSPS) is 15.8. The first-order valence-corrected chi connectivity index (χ1v) is 10.2. The molecular formula is C25H20F6. The van der Waals surface area contributed by atoms with E-state index < -0.39 is 40.8 Å². The second kappa shape index (κ2) is 8.40. The number of hydrogen-bond acceptors (Lipinski definition) is 0. The van der Waals surface area contributed by atoms with Gasteiger partial charge in [-0.25, -0.2) is 26.3 Å². The average molecular weight is 434 g/mol. The van der Waals surface area contributed by atoms with Gasteiger partial charge in [-0.1, -0.05) is 25.5 Å². The van der Waals surface area contributed by atoms with Gasteiger partial charge in [-0.3, -0.25) is 0 Å². The van der Waals surface area contributed by atoms with Gasteiger partial charge in [-0.2, -0.15) is 0 Å². The lowest BCUT2D eigenvalue weighted by molar-refractivity contribution is 0.447. The number of rotatable bonds is 4. The van der Waals surface area contributed by atoms with E-state index in [1.165, 1.54) is 18.2 Å². The summed E-state index contributed by atoms with van der Waals surface area (Å²) in [6, 6.07) is 7.17. The Hall–Kier alpha value is -2.76. The maximum absolute atomic E-state index is 15.1. The molecule has 0 aromatic heterocycles. The second-order valence-corrected chi connectivity index (χ2v) is 7.98. The Morgan fingerprint density at radius 3 is 2.06 bits per heavy atom. The zero-order valence-corrected chi connectivity index (χ0v) is 16.8. The van der Waals surface area contributed by atoms with E-state index in [9.17, 15) is 22.0 Å². The predicted molar refractivity (Wildman–Crippen MR) is 107 cm³/mol. The van der Waals surface area contributed by atoms with E-state index in [0.717, 1.165) is 18.6 Å². The summed E-state index contributed by atoms with van der Waals surface area (Å²) in [7, 11) is 0. The summed E-state index contributed by atoms with van der Waals surface area (Å²) in [6.45, 7) is 1.93. The molecule has 0 saturated carbocycles. The molecule has 31 heavy (non-hydrogen) atoms. The fourth-order valence-electron chi connectivity index (χ4n) is 4.45. The summed E-state index contributed by atoms with van der Waals surface area (Å²) in [5.41, 5.74) is 1.41. The van der Waals surface area contributed by atoms with Crippen LogP contribution in [0.4, 0.5) is 26.3 Å². The van der Waals surface area contributed by atoms with Gasteiger partial charge in [-0.05, 0) is 78.1 Å². The zero-order valence-electron chi connectivity index (χ0n) is 16.8. The van der Waals surface area contributed by atoms with Crippen LogP contribution in [0.1, 0.15) is 47.9 Å². The third kappa shape index (κ3) is 3.95. The van der Waals surface area contributed by atoms with Crippen LogP contribution in [0.25, 0.3) is 11.1 Å². The van der Waals surface area contributed by atoms with Crippen LogP contribution in [-0.4, -0.2) is 0 Å². The number of halogens is 6. The summed E-state index contributed by atoms with van der Waals surface area (Å²) < 4.78 is 84.8. The molecule has 0 nitrogen and oxygen atoms in total. The van der Waals surface area contributed by atoms with Gasteiger partial charge < -0.3 is 0 Å². The van der Waals surface area contributed by atoms with Crippen molar-refractivity contribution in [3.63, 3.8) is 0 Å². The largest absolute Gasteiger partial charge is 0.207 e. The van der Waals surface area contributed by atoms with Crippen LogP contribution in [-0.2, 0) is 19.3 Å². The lowest BCUT2D eigenvalue weighted by Crippen LogP contribution is -2.17. The highest BCUT2D eigenvalue weighted by molar-refractivity contribution is 5.66. The van der Waals surface area contributed by atoms with Gasteiger partial charge in [0.2, 0.25) is 0 Å². The molecule has 3 aromatic carbocycles. The molecule has 1 unspecified atom stereocenters. The molecule has 0 N–H and O–H groups in total. The fourth-order valence-corrected chi connectivity index (χ4v) is 4.45. The molecule has 0 saturated heterocycles. The van der Waals surface area contributed by atoms with Gasteiger partial charge in [0, 0.05) is 11.1 Å². The molecule has 0 fully saturated rings. The van der Waals surface area contributed by atoms with E-state index in [4.69, 9.17) is 0 Å². The third-order valence-corrected chi connectivity index (χ3v) is 5.93. The van der Waals surface area contributed by atoms with Crippen molar-refractivity contribution in [3.8, 4) is 11.1 Å². The molecule has 1 aliphatic carbocycles. The molecule has 162 valence electrons. The van der Waals surface area contributed by atoms with Crippen LogP contribution in [0.5, 0.6) is 0 Å². The molecule has 6 heteroatoms. The van der Waals surface area contributed by atoms with Crippen LogP contribution in [0, 0.1) is 34.9 Å². The molecule has 0 bridgehead atoms. The van der Waals surface area contributed by atoms with Crippen molar-refractivity contribution in [2.24, 2.45) is 0 Å². The Kier molecular flexibility index (Phi) is 5.82. The highest BCUT2D eigenvalue weighted by Gasteiger charge is 2.28. The van der Waals surface area contributed by atoms with Crippen molar-refractivity contribution >= 4 is 0 Å². The SMILES string of the molecule is CCCc1cc(F)c(C2CCc3c(ccc(-c4cc(F)c(F)c(F)c4)c3F)C2)c(F)c1. The molecule has 1 aliphatic rings. The van der Waals surface area contributed by atoms with Crippen molar-refractivity contribution in [2.75, 3.05) is 0 Å². The predicted octanol–water partition coefficient (Wildman–Crippen LogP) is 7.41. The van der Waals surface area contributed by atoms with Gasteiger partial charge in [0.1, 0.15) is 17.5 Å². The Balaban J connectivity index is 1.67. The Morgan fingerprint density at radius 2 is 1.45 bits per heavy atom. The van der Waals surface area contributed by atoms with E-state index in [1.807, 2.05) is 6.92 Å². The molecule has 0 spiro atoms. The molecule has 0 radical (unpaired) electrons. The smallest absolute Gasteiger partial charge is 0.194 e. The minimum Gasteiger partial charge on any atom is -0.207 e. The van der Waals surface area contributed by atoms with Gasteiger partial charge in [0.25, 0.3) is 0 Å². The quantitative estimate of drug-likeness (QED) is 0.296. The molecule has 1 atom stereocenters. The molecule has 3 aromatic rings. The minimum atomic E-state index is -1.61. The Labute approximate surface area is 176 Å².